The maximum atomic E-state index is 5.83. The molecule has 2 N–H and O–H groups in total. The summed E-state index contributed by atoms with van der Waals surface area (Å²) in [4.78, 5) is 9.23. The van der Waals surface area contributed by atoms with E-state index in [9.17, 15) is 0 Å². The van der Waals surface area contributed by atoms with Crippen molar-refractivity contribution in [1.29, 1.82) is 0 Å². The van der Waals surface area contributed by atoms with Crippen molar-refractivity contribution in [2.75, 3.05) is 5.73 Å². The van der Waals surface area contributed by atoms with Gasteiger partial charge in [0, 0.05) is 11.4 Å². The summed E-state index contributed by atoms with van der Waals surface area (Å²) in [5.41, 5.74) is 10.7. The van der Waals surface area contributed by atoms with Gasteiger partial charge in [0.25, 0.3) is 0 Å². The van der Waals surface area contributed by atoms with Crippen molar-refractivity contribution in [1.82, 2.24) is 14.5 Å². The van der Waals surface area contributed by atoms with E-state index >= 15 is 0 Å². The Bertz CT molecular complexity index is 815. The molecule has 0 fully saturated rings. The zero-order valence-corrected chi connectivity index (χ0v) is 12.1. The minimum Gasteiger partial charge on any atom is -0.439 e. The van der Waals surface area contributed by atoms with Crippen LogP contribution in [0.3, 0.4) is 0 Å². The minimum absolute atomic E-state index is 0.642. The Hall–Kier alpha value is -2.30. The molecule has 0 spiro atoms. The fourth-order valence-corrected chi connectivity index (χ4v) is 3.14. The highest BCUT2D eigenvalue weighted by Gasteiger charge is 2.19. The first kappa shape index (κ1) is 12.4. The van der Waals surface area contributed by atoms with Gasteiger partial charge in [0.15, 0.2) is 5.58 Å². The standard InChI is InChI=1S/C16H18N4O/c1-10-18-12-4-2-3-5-14(12)20(10)9-16-19-13-8-11(17)6-7-15(13)21-16/h6-8H,2-5,9,17H2,1H3. The smallest absolute Gasteiger partial charge is 0.215 e. The number of rotatable bonds is 2. The van der Waals surface area contributed by atoms with Gasteiger partial charge in [-0.1, -0.05) is 0 Å². The van der Waals surface area contributed by atoms with E-state index in [1.807, 2.05) is 18.2 Å². The molecule has 0 bridgehead atoms. The molecule has 5 heteroatoms. The molecule has 0 saturated carbocycles. The second-order valence-electron chi connectivity index (χ2n) is 5.68. The van der Waals surface area contributed by atoms with Crippen LogP contribution in [0.15, 0.2) is 22.6 Å². The summed E-state index contributed by atoms with van der Waals surface area (Å²) in [5.74, 6) is 1.76. The number of nitrogens with two attached hydrogens (primary N) is 1. The number of imidazole rings is 1. The lowest BCUT2D eigenvalue weighted by atomic mass is 10.0. The molecule has 108 valence electrons. The first-order chi connectivity index (χ1) is 10.2. The molecule has 1 aliphatic carbocycles. The molecule has 0 atom stereocenters. The number of anilines is 1. The van der Waals surface area contributed by atoms with Crippen LogP contribution in [0.1, 0.15) is 35.9 Å². The Morgan fingerprint density at radius 2 is 2.10 bits per heavy atom. The number of benzene rings is 1. The largest absolute Gasteiger partial charge is 0.439 e. The van der Waals surface area contributed by atoms with Crippen LogP contribution in [-0.2, 0) is 19.4 Å². The molecule has 1 aromatic carbocycles. The molecular formula is C16H18N4O. The molecule has 0 saturated heterocycles. The first-order valence-electron chi connectivity index (χ1n) is 7.40. The highest BCUT2D eigenvalue weighted by Crippen LogP contribution is 2.24. The normalized spacial score (nSPS) is 14.5. The van der Waals surface area contributed by atoms with Crippen LogP contribution in [0.2, 0.25) is 0 Å². The van der Waals surface area contributed by atoms with Gasteiger partial charge in [-0.2, -0.15) is 0 Å². The average Bonchev–Trinajstić information content (AvgIpc) is 3.00. The molecule has 21 heavy (non-hydrogen) atoms. The van der Waals surface area contributed by atoms with Crippen molar-refractivity contribution in [2.45, 2.75) is 39.2 Å². The molecule has 0 radical (unpaired) electrons. The lowest BCUT2D eigenvalue weighted by Crippen LogP contribution is -2.10. The topological polar surface area (TPSA) is 69.9 Å². The summed E-state index contributed by atoms with van der Waals surface area (Å²) in [6.07, 6.45) is 4.67. The van der Waals surface area contributed by atoms with Crippen molar-refractivity contribution >= 4 is 16.8 Å². The molecule has 3 aromatic rings. The summed E-state index contributed by atoms with van der Waals surface area (Å²) in [6.45, 7) is 2.70. The summed E-state index contributed by atoms with van der Waals surface area (Å²) in [6, 6.07) is 5.55. The molecule has 2 aromatic heterocycles. The second-order valence-corrected chi connectivity index (χ2v) is 5.68. The number of fused-ring (bicyclic) bond motifs is 2. The maximum Gasteiger partial charge on any atom is 0.215 e. The zero-order chi connectivity index (χ0) is 14.4. The molecule has 5 nitrogen and oxygen atoms in total. The first-order valence-corrected chi connectivity index (χ1v) is 7.40. The van der Waals surface area contributed by atoms with Crippen LogP contribution in [0.4, 0.5) is 5.69 Å². The van der Waals surface area contributed by atoms with E-state index in [0.29, 0.717) is 18.1 Å². The van der Waals surface area contributed by atoms with Gasteiger partial charge in [-0.25, -0.2) is 9.97 Å². The minimum atomic E-state index is 0.642. The Balaban J connectivity index is 1.73. The van der Waals surface area contributed by atoms with E-state index in [2.05, 4.69) is 21.5 Å². The van der Waals surface area contributed by atoms with E-state index in [1.165, 1.54) is 24.2 Å². The van der Waals surface area contributed by atoms with Crippen LogP contribution < -0.4 is 5.73 Å². The Kier molecular flexibility index (Phi) is 2.74. The van der Waals surface area contributed by atoms with Gasteiger partial charge in [-0.05, 0) is 50.8 Å². The molecule has 0 amide bonds. The van der Waals surface area contributed by atoms with Crippen LogP contribution in [0.25, 0.3) is 11.1 Å². The highest BCUT2D eigenvalue weighted by molar-refractivity contribution is 5.76. The lowest BCUT2D eigenvalue weighted by Gasteiger charge is -2.13. The van der Waals surface area contributed by atoms with E-state index in [4.69, 9.17) is 10.2 Å². The maximum absolute atomic E-state index is 5.83. The number of oxazole rings is 1. The zero-order valence-electron chi connectivity index (χ0n) is 12.1. The van der Waals surface area contributed by atoms with Gasteiger partial charge >= 0.3 is 0 Å². The highest BCUT2D eigenvalue weighted by atomic mass is 16.3. The summed E-state index contributed by atoms with van der Waals surface area (Å²) in [5, 5.41) is 0. The van der Waals surface area contributed by atoms with Gasteiger partial charge in [0.1, 0.15) is 17.9 Å². The van der Waals surface area contributed by atoms with Crippen LogP contribution in [-0.4, -0.2) is 14.5 Å². The second kappa shape index (κ2) is 4.62. The fraction of sp³-hybridized carbons (Fsp3) is 0.375. The predicted octanol–water partition coefficient (Wildman–Crippen LogP) is 2.84. The van der Waals surface area contributed by atoms with Gasteiger partial charge in [0.05, 0.1) is 5.69 Å². The third-order valence-corrected chi connectivity index (χ3v) is 4.17. The van der Waals surface area contributed by atoms with Gasteiger partial charge in [0.2, 0.25) is 5.89 Å². The van der Waals surface area contributed by atoms with E-state index in [0.717, 1.165) is 29.8 Å². The molecular weight excluding hydrogens is 264 g/mol. The monoisotopic (exact) mass is 282 g/mol. The number of nitrogen functional groups attached to an aromatic ring is 1. The Morgan fingerprint density at radius 3 is 3.00 bits per heavy atom. The molecule has 0 unspecified atom stereocenters. The third-order valence-electron chi connectivity index (χ3n) is 4.17. The van der Waals surface area contributed by atoms with Crippen molar-refractivity contribution in [3.63, 3.8) is 0 Å². The molecule has 0 aliphatic heterocycles. The van der Waals surface area contributed by atoms with Gasteiger partial charge < -0.3 is 14.7 Å². The molecule has 2 heterocycles. The number of nitrogens with zero attached hydrogens (tertiary/aromatic N) is 3. The Morgan fingerprint density at radius 1 is 1.24 bits per heavy atom. The van der Waals surface area contributed by atoms with E-state index in [1.54, 1.807) is 0 Å². The van der Waals surface area contributed by atoms with Crippen molar-refractivity contribution in [3.8, 4) is 0 Å². The van der Waals surface area contributed by atoms with Crippen LogP contribution in [0, 0.1) is 6.92 Å². The third kappa shape index (κ3) is 2.09. The quantitative estimate of drug-likeness (QED) is 0.734. The number of aryl methyl sites for hydroxylation is 2. The molecule has 1 aliphatic rings. The summed E-state index contributed by atoms with van der Waals surface area (Å²) >= 11 is 0. The molecule has 4 rings (SSSR count). The van der Waals surface area contributed by atoms with Crippen molar-refractivity contribution in [3.05, 3.63) is 41.3 Å². The predicted molar refractivity (Wildman–Crippen MR) is 81.1 cm³/mol. The van der Waals surface area contributed by atoms with Gasteiger partial charge in [-0.15, -0.1) is 0 Å². The summed E-state index contributed by atoms with van der Waals surface area (Å²) in [7, 11) is 0. The number of hydrogen-bond donors (Lipinski definition) is 1. The van der Waals surface area contributed by atoms with Crippen molar-refractivity contribution < 1.29 is 4.42 Å². The lowest BCUT2D eigenvalue weighted by molar-refractivity contribution is 0.495. The van der Waals surface area contributed by atoms with E-state index in [-0.39, 0.29) is 0 Å². The number of hydrogen-bond acceptors (Lipinski definition) is 4. The van der Waals surface area contributed by atoms with Gasteiger partial charge in [-0.3, -0.25) is 0 Å². The average molecular weight is 282 g/mol. The van der Waals surface area contributed by atoms with Crippen molar-refractivity contribution in [2.24, 2.45) is 0 Å². The van der Waals surface area contributed by atoms with Crippen LogP contribution in [0.5, 0.6) is 0 Å². The van der Waals surface area contributed by atoms with Crippen LogP contribution >= 0.6 is 0 Å². The summed E-state index contributed by atoms with van der Waals surface area (Å²) < 4.78 is 8.07. The Labute approximate surface area is 122 Å². The number of aromatic nitrogens is 3. The SMILES string of the molecule is Cc1nc2c(n1Cc1nc3cc(N)ccc3o1)CCCC2. The van der Waals surface area contributed by atoms with E-state index < -0.39 is 0 Å². The fourth-order valence-electron chi connectivity index (χ4n) is 3.14.